The first kappa shape index (κ1) is 15.9. The molecular weight excluding hydrogens is 300 g/mol. The quantitative estimate of drug-likeness (QED) is 0.611. The van der Waals surface area contributed by atoms with Crippen molar-refractivity contribution in [3.8, 4) is 0 Å². The molecule has 4 fully saturated rings. The van der Waals surface area contributed by atoms with Gasteiger partial charge in [-0.3, -0.25) is 9.59 Å². The second kappa shape index (κ2) is 5.72. The molecule has 0 aromatic heterocycles. The van der Waals surface area contributed by atoms with Crippen molar-refractivity contribution in [2.45, 2.75) is 58.5 Å². The number of Topliss-reactive ketones (excluding diaryl/α,β-unsaturated/α-hetero) is 1. The van der Waals surface area contributed by atoms with Gasteiger partial charge in [0.2, 0.25) is 5.78 Å². The highest BCUT2D eigenvalue weighted by molar-refractivity contribution is 6.00. The lowest BCUT2D eigenvalue weighted by molar-refractivity contribution is -0.174. The van der Waals surface area contributed by atoms with Crippen molar-refractivity contribution in [1.82, 2.24) is 0 Å². The fraction of sp³-hybridized carbons (Fsp3) is 0.619. The summed E-state index contributed by atoms with van der Waals surface area (Å²) in [6.45, 7) is 3.70. The Morgan fingerprint density at radius 1 is 1.00 bits per heavy atom. The number of esters is 1. The van der Waals surface area contributed by atoms with Crippen molar-refractivity contribution in [2.24, 2.45) is 23.2 Å². The molecule has 4 aliphatic carbocycles. The third kappa shape index (κ3) is 2.68. The minimum atomic E-state index is -0.701. The molecule has 4 saturated carbocycles. The molecule has 0 amide bonds. The van der Waals surface area contributed by atoms with E-state index in [1.165, 1.54) is 19.3 Å². The number of aryl methyl sites for hydroxylation is 1. The Kier molecular flexibility index (Phi) is 3.78. The lowest BCUT2D eigenvalue weighted by Crippen LogP contribution is -2.51. The van der Waals surface area contributed by atoms with Crippen LogP contribution in [0.2, 0.25) is 0 Å². The maximum atomic E-state index is 12.9. The number of ether oxygens (including phenoxy) is 1. The van der Waals surface area contributed by atoms with Crippen LogP contribution in [0.4, 0.5) is 0 Å². The molecule has 3 nitrogen and oxygen atoms in total. The van der Waals surface area contributed by atoms with E-state index >= 15 is 0 Å². The summed E-state index contributed by atoms with van der Waals surface area (Å²) in [4.78, 5) is 25.5. The number of hydrogen-bond acceptors (Lipinski definition) is 3. The molecule has 0 unspecified atom stereocenters. The molecule has 4 aliphatic rings. The van der Waals surface area contributed by atoms with E-state index in [0.29, 0.717) is 23.3 Å². The number of carbonyl (C=O) groups is 2. The van der Waals surface area contributed by atoms with Crippen LogP contribution >= 0.6 is 0 Å². The van der Waals surface area contributed by atoms with Crippen molar-refractivity contribution >= 4 is 11.8 Å². The van der Waals surface area contributed by atoms with Crippen LogP contribution in [0.15, 0.2) is 24.3 Å². The molecule has 0 radical (unpaired) electrons. The smallest absolute Gasteiger partial charge is 0.312 e. The fourth-order valence-corrected chi connectivity index (χ4v) is 5.65. The third-order valence-corrected chi connectivity index (χ3v) is 6.46. The Bertz CT molecular complexity index is 623. The first-order chi connectivity index (χ1) is 11.4. The summed E-state index contributed by atoms with van der Waals surface area (Å²) in [5.74, 6) is 1.88. The number of rotatable bonds is 4. The number of hydrogen-bond donors (Lipinski definition) is 0. The Morgan fingerprint density at radius 2 is 1.50 bits per heavy atom. The predicted molar refractivity (Wildman–Crippen MR) is 91.7 cm³/mol. The first-order valence-corrected chi connectivity index (χ1v) is 9.27. The van der Waals surface area contributed by atoms with E-state index in [0.717, 1.165) is 24.8 Å². The topological polar surface area (TPSA) is 43.4 Å². The van der Waals surface area contributed by atoms with Gasteiger partial charge in [-0.1, -0.05) is 29.8 Å². The molecular formula is C21H26O3. The second-order valence-electron chi connectivity index (χ2n) is 8.48. The standard InChI is InChI=1S/C21H26O3/c1-13-3-5-18(6-4-13)19(22)14(2)24-20(23)21-10-15-7-16(11-21)9-17(8-15)12-21/h3-6,14-17H,7-12H2,1-2H3/t14-,15?,16?,17?,21?/m0/s1. The molecule has 0 N–H and O–H groups in total. The van der Waals surface area contributed by atoms with Crippen LogP contribution in [0.3, 0.4) is 0 Å². The summed E-state index contributed by atoms with van der Waals surface area (Å²) in [5, 5.41) is 0. The van der Waals surface area contributed by atoms with Crippen LogP contribution in [0, 0.1) is 30.1 Å². The Balaban J connectivity index is 1.46. The Labute approximate surface area is 143 Å². The monoisotopic (exact) mass is 326 g/mol. The summed E-state index contributed by atoms with van der Waals surface area (Å²) < 4.78 is 5.69. The van der Waals surface area contributed by atoms with Gasteiger partial charge in [0.15, 0.2) is 6.10 Å². The van der Waals surface area contributed by atoms with Crippen molar-refractivity contribution in [2.75, 3.05) is 0 Å². The Morgan fingerprint density at radius 3 is 2.00 bits per heavy atom. The van der Waals surface area contributed by atoms with Crippen molar-refractivity contribution in [3.63, 3.8) is 0 Å². The van der Waals surface area contributed by atoms with Gasteiger partial charge in [-0.05, 0) is 70.1 Å². The minimum Gasteiger partial charge on any atom is -0.454 e. The zero-order valence-corrected chi connectivity index (χ0v) is 14.6. The van der Waals surface area contributed by atoms with E-state index in [4.69, 9.17) is 4.74 Å². The maximum Gasteiger partial charge on any atom is 0.312 e. The number of carbonyl (C=O) groups excluding carboxylic acids is 2. The summed E-state index contributed by atoms with van der Waals surface area (Å²) >= 11 is 0. The molecule has 5 rings (SSSR count). The highest BCUT2D eigenvalue weighted by Gasteiger charge is 2.55. The lowest BCUT2D eigenvalue weighted by atomic mass is 9.49. The number of benzene rings is 1. The molecule has 1 atom stereocenters. The van der Waals surface area contributed by atoms with Gasteiger partial charge < -0.3 is 4.74 Å². The third-order valence-electron chi connectivity index (χ3n) is 6.46. The van der Waals surface area contributed by atoms with Gasteiger partial charge in [-0.15, -0.1) is 0 Å². The average molecular weight is 326 g/mol. The highest BCUT2D eigenvalue weighted by atomic mass is 16.5. The predicted octanol–water partition coefficient (Wildman–Crippen LogP) is 4.33. The van der Waals surface area contributed by atoms with Gasteiger partial charge in [0.1, 0.15) is 0 Å². The van der Waals surface area contributed by atoms with Crippen molar-refractivity contribution in [1.29, 1.82) is 0 Å². The minimum absolute atomic E-state index is 0.104. The normalized spacial score (nSPS) is 34.8. The van der Waals surface area contributed by atoms with E-state index in [1.807, 2.05) is 31.2 Å². The molecule has 0 spiro atoms. The zero-order chi connectivity index (χ0) is 16.9. The molecule has 3 heteroatoms. The number of ketones is 1. The van der Waals surface area contributed by atoms with Crippen LogP contribution in [0.25, 0.3) is 0 Å². The Hall–Kier alpha value is -1.64. The molecule has 0 aliphatic heterocycles. The zero-order valence-electron chi connectivity index (χ0n) is 14.6. The van der Waals surface area contributed by atoms with Gasteiger partial charge in [0, 0.05) is 5.56 Å². The lowest BCUT2D eigenvalue weighted by Gasteiger charge is -2.55. The summed E-state index contributed by atoms with van der Waals surface area (Å²) in [6, 6.07) is 7.46. The molecule has 0 saturated heterocycles. The molecule has 24 heavy (non-hydrogen) atoms. The van der Waals surface area contributed by atoms with Crippen LogP contribution in [-0.4, -0.2) is 17.9 Å². The van der Waals surface area contributed by atoms with E-state index in [9.17, 15) is 9.59 Å². The van der Waals surface area contributed by atoms with Crippen LogP contribution in [-0.2, 0) is 9.53 Å². The molecule has 128 valence electrons. The van der Waals surface area contributed by atoms with E-state index in [2.05, 4.69) is 0 Å². The van der Waals surface area contributed by atoms with Crippen molar-refractivity contribution in [3.05, 3.63) is 35.4 Å². The van der Waals surface area contributed by atoms with Gasteiger partial charge in [-0.25, -0.2) is 0 Å². The molecule has 1 aromatic rings. The SMILES string of the molecule is Cc1ccc(C(=O)[C@H](C)OC(=O)C23CC4CC(CC(C4)C2)C3)cc1. The fourth-order valence-electron chi connectivity index (χ4n) is 5.65. The summed E-state index contributed by atoms with van der Waals surface area (Å²) in [6.07, 6.45) is 6.11. The van der Waals surface area contributed by atoms with Gasteiger partial charge >= 0.3 is 5.97 Å². The van der Waals surface area contributed by atoms with Crippen molar-refractivity contribution < 1.29 is 14.3 Å². The largest absolute Gasteiger partial charge is 0.454 e. The van der Waals surface area contributed by atoms with E-state index < -0.39 is 6.10 Å². The van der Waals surface area contributed by atoms with Crippen LogP contribution < -0.4 is 0 Å². The molecule has 1 aromatic carbocycles. The average Bonchev–Trinajstić information content (AvgIpc) is 2.53. The van der Waals surface area contributed by atoms with Crippen LogP contribution in [0.5, 0.6) is 0 Å². The molecule has 0 heterocycles. The van der Waals surface area contributed by atoms with Gasteiger partial charge in [0.25, 0.3) is 0 Å². The van der Waals surface area contributed by atoms with E-state index in [-0.39, 0.29) is 17.2 Å². The first-order valence-electron chi connectivity index (χ1n) is 9.27. The van der Waals surface area contributed by atoms with Gasteiger partial charge in [0.05, 0.1) is 5.41 Å². The van der Waals surface area contributed by atoms with E-state index in [1.54, 1.807) is 6.92 Å². The van der Waals surface area contributed by atoms with Gasteiger partial charge in [-0.2, -0.15) is 0 Å². The maximum absolute atomic E-state index is 12.9. The van der Waals surface area contributed by atoms with Crippen LogP contribution in [0.1, 0.15) is 61.4 Å². The summed E-state index contributed by atoms with van der Waals surface area (Å²) in [7, 11) is 0. The molecule has 4 bridgehead atoms. The summed E-state index contributed by atoms with van der Waals surface area (Å²) in [5.41, 5.74) is 1.44. The highest BCUT2D eigenvalue weighted by Crippen LogP contribution is 2.60. The second-order valence-corrected chi connectivity index (χ2v) is 8.48.